The second-order valence-corrected chi connectivity index (χ2v) is 18.9. The van der Waals surface area contributed by atoms with E-state index in [0.29, 0.717) is 42.7 Å². The molecule has 49 heavy (non-hydrogen) atoms. The molecule has 0 bridgehead atoms. The minimum atomic E-state index is -0.396. The molecule has 2 aromatic carbocycles. The SMILES string of the molecule is C=C(C)[C@@H]1CC[C@]2(C(=O)OCc3ccccc3)CC[C@]3(C)[C@H](CC[C@@H]4[C@@]5(C)CC=C(c6ccc(POC=O)cc6)C(C)(C)[C@@H]5CC[C@]43C)[C@@H]12. The van der Waals surface area contributed by atoms with Gasteiger partial charge in [-0.2, -0.15) is 0 Å². The van der Waals surface area contributed by atoms with Gasteiger partial charge in [0, 0.05) is 5.30 Å². The van der Waals surface area contributed by atoms with Crippen LogP contribution in [0.2, 0.25) is 0 Å². The lowest BCUT2D eigenvalue weighted by Gasteiger charge is -2.72. The zero-order chi connectivity index (χ0) is 34.8. The third kappa shape index (κ3) is 5.24. The van der Waals surface area contributed by atoms with Gasteiger partial charge in [0.05, 0.1) is 5.41 Å². The Morgan fingerprint density at radius 2 is 1.61 bits per heavy atom. The highest BCUT2D eigenvalue weighted by molar-refractivity contribution is 7.42. The third-order valence-electron chi connectivity index (χ3n) is 15.7. The Hall–Kier alpha value is -2.71. The van der Waals surface area contributed by atoms with E-state index in [9.17, 15) is 9.59 Å². The van der Waals surface area contributed by atoms with Crippen LogP contribution >= 0.6 is 8.81 Å². The molecule has 0 aromatic heterocycles. The Balaban J connectivity index is 1.18. The van der Waals surface area contributed by atoms with Crippen LogP contribution in [0.25, 0.3) is 5.57 Å². The Morgan fingerprint density at radius 1 is 0.878 bits per heavy atom. The van der Waals surface area contributed by atoms with Crippen molar-refractivity contribution in [3.63, 3.8) is 0 Å². The number of fused-ring (bicyclic) bond motifs is 7. The highest BCUT2D eigenvalue weighted by atomic mass is 31.1. The molecule has 5 heteroatoms. The maximum Gasteiger partial charge on any atom is 0.312 e. The minimum Gasteiger partial charge on any atom is -0.460 e. The van der Waals surface area contributed by atoms with Gasteiger partial charge in [0.2, 0.25) is 0 Å². The number of ether oxygens (including phenoxy) is 1. The average Bonchev–Trinajstić information content (AvgIpc) is 3.49. The van der Waals surface area contributed by atoms with Gasteiger partial charge in [-0.1, -0.05) is 107 Å². The molecule has 1 unspecified atom stereocenters. The van der Waals surface area contributed by atoms with Crippen molar-refractivity contribution in [2.45, 2.75) is 106 Å². The van der Waals surface area contributed by atoms with Gasteiger partial charge in [0.1, 0.15) is 15.4 Å². The van der Waals surface area contributed by atoms with Crippen LogP contribution in [-0.4, -0.2) is 12.4 Å². The Kier molecular flexibility index (Phi) is 8.86. The predicted octanol–water partition coefficient (Wildman–Crippen LogP) is 10.5. The fourth-order valence-corrected chi connectivity index (χ4v) is 13.8. The van der Waals surface area contributed by atoms with Crippen molar-refractivity contribution >= 4 is 32.1 Å². The van der Waals surface area contributed by atoms with E-state index >= 15 is 0 Å². The van der Waals surface area contributed by atoms with Gasteiger partial charge in [0.25, 0.3) is 6.47 Å². The van der Waals surface area contributed by atoms with E-state index in [4.69, 9.17) is 9.26 Å². The molecule has 0 aliphatic heterocycles. The molecule has 4 fully saturated rings. The van der Waals surface area contributed by atoms with Gasteiger partial charge in [0.15, 0.2) is 0 Å². The normalized spacial score (nSPS) is 39.1. The minimum absolute atomic E-state index is 0.0477. The Labute approximate surface area is 296 Å². The van der Waals surface area contributed by atoms with E-state index in [1.807, 2.05) is 18.2 Å². The molecule has 5 aliphatic carbocycles. The fraction of sp³-hybridized carbons (Fsp3) is 0.591. The van der Waals surface area contributed by atoms with Crippen molar-refractivity contribution in [2.75, 3.05) is 0 Å². The number of rotatable bonds is 8. The van der Waals surface area contributed by atoms with Crippen LogP contribution in [-0.2, 0) is 25.5 Å². The molecule has 0 heterocycles. The highest BCUT2D eigenvalue weighted by Gasteiger charge is 2.71. The van der Waals surface area contributed by atoms with Crippen molar-refractivity contribution in [3.05, 3.63) is 84.0 Å². The lowest BCUT2D eigenvalue weighted by molar-refractivity contribution is -0.229. The smallest absolute Gasteiger partial charge is 0.312 e. The summed E-state index contributed by atoms with van der Waals surface area (Å²) in [5, 5.41) is 1.05. The van der Waals surface area contributed by atoms with Crippen LogP contribution in [0.3, 0.4) is 0 Å². The van der Waals surface area contributed by atoms with Crippen molar-refractivity contribution in [2.24, 2.45) is 56.7 Å². The first kappa shape index (κ1) is 34.7. The van der Waals surface area contributed by atoms with Crippen molar-refractivity contribution < 1.29 is 18.8 Å². The van der Waals surface area contributed by atoms with Crippen LogP contribution in [0.4, 0.5) is 0 Å². The predicted molar refractivity (Wildman–Crippen MR) is 200 cm³/mol. The summed E-state index contributed by atoms with van der Waals surface area (Å²) in [5.74, 6) is 2.49. The van der Waals surface area contributed by atoms with Crippen molar-refractivity contribution in [1.29, 1.82) is 0 Å². The number of hydrogen-bond donors (Lipinski definition) is 0. The molecule has 0 saturated heterocycles. The number of esters is 1. The summed E-state index contributed by atoms with van der Waals surface area (Å²) in [7, 11) is 0.0533. The average molecular weight is 681 g/mol. The van der Waals surface area contributed by atoms with Crippen LogP contribution < -0.4 is 5.30 Å². The standard InChI is InChI=1S/C44H57O4P/c1-29(2)33-19-24-44(39(46)47-27-30-11-9-8-10-12-30)26-25-42(6)35(38(33)44)17-18-37-41(5)22-20-34(31-13-15-32(16-14-31)49-48-28-45)40(3,4)36(41)21-23-43(37,42)7/h8-16,20,28,33,35-38,49H,1,17-19,21-27H2,2-7H3/t33-,35+,36-,37+,38+,41-,42+,43+,44-/m0/s1. The molecule has 0 N–H and O–H groups in total. The molecule has 10 atom stereocenters. The van der Waals surface area contributed by atoms with E-state index in [2.05, 4.69) is 90.6 Å². The van der Waals surface area contributed by atoms with Gasteiger partial charge in [-0.25, -0.2) is 0 Å². The van der Waals surface area contributed by atoms with Crippen LogP contribution in [0.5, 0.6) is 0 Å². The van der Waals surface area contributed by atoms with Crippen LogP contribution in [0, 0.1) is 56.7 Å². The number of allylic oxidation sites excluding steroid dienone is 3. The van der Waals surface area contributed by atoms with Gasteiger partial charge in [-0.3, -0.25) is 9.59 Å². The van der Waals surface area contributed by atoms with Crippen molar-refractivity contribution in [1.82, 2.24) is 0 Å². The molecule has 0 spiro atoms. The van der Waals surface area contributed by atoms with Gasteiger partial charge >= 0.3 is 5.97 Å². The van der Waals surface area contributed by atoms with Crippen LogP contribution in [0.1, 0.15) is 110 Å². The van der Waals surface area contributed by atoms with E-state index in [1.54, 1.807) is 0 Å². The lowest BCUT2D eigenvalue weighted by Crippen LogP contribution is -2.66. The van der Waals surface area contributed by atoms with Gasteiger partial charge in [-0.15, -0.1) is 0 Å². The van der Waals surface area contributed by atoms with Crippen molar-refractivity contribution in [3.8, 4) is 0 Å². The zero-order valence-electron chi connectivity index (χ0n) is 30.6. The molecule has 4 saturated carbocycles. The summed E-state index contributed by atoms with van der Waals surface area (Å²) in [6.07, 6.45) is 12.7. The van der Waals surface area contributed by atoms with E-state index in [-0.39, 0.29) is 36.4 Å². The summed E-state index contributed by atoms with van der Waals surface area (Å²) < 4.78 is 11.3. The molecule has 262 valence electrons. The summed E-state index contributed by atoms with van der Waals surface area (Å²) in [6, 6.07) is 18.8. The monoisotopic (exact) mass is 680 g/mol. The quantitative estimate of drug-likeness (QED) is 0.121. The molecular formula is C44H57O4P. The largest absolute Gasteiger partial charge is 0.460 e. The molecular weight excluding hydrogens is 623 g/mol. The highest BCUT2D eigenvalue weighted by Crippen LogP contribution is 2.77. The number of hydrogen-bond acceptors (Lipinski definition) is 4. The summed E-state index contributed by atoms with van der Waals surface area (Å²) >= 11 is 0. The van der Waals surface area contributed by atoms with E-state index in [1.165, 1.54) is 42.4 Å². The molecule has 0 amide bonds. The summed E-state index contributed by atoms with van der Waals surface area (Å²) in [6.45, 7) is 20.6. The second kappa shape index (κ2) is 12.5. The number of carbonyl (C=O) groups is 2. The first-order valence-corrected chi connectivity index (χ1v) is 19.8. The fourth-order valence-electron chi connectivity index (χ4n) is 13.3. The second-order valence-electron chi connectivity index (χ2n) is 17.8. The topological polar surface area (TPSA) is 52.6 Å². The first-order chi connectivity index (χ1) is 23.3. The molecule has 2 aromatic rings. The van der Waals surface area contributed by atoms with E-state index in [0.717, 1.165) is 43.0 Å². The Bertz CT molecular complexity index is 1630. The number of benzene rings is 2. The lowest BCUT2D eigenvalue weighted by atomic mass is 9.32. The maximum absolute atomic E-state index is 14.3. The molecule has 4 nitrogen and oxygen atoms in total. The zero-order valence-corrected chi connectivity index (χ0v) is 31.6. The van der Waals surface area contributed by atoms with E-state index < -0.39 is 5.41 Å². The maximum atomic E-state index is 14.3. The summed E-state index contributed by atoms with van der Waals surface area (Å²) in [4.78, 5) is 25.0. The molecule has 7 rings (SSSR count). The summed E-state index contributed by atoms with van der Waals surface area (Å²) in [5.41, 5.74) is 5.35. The van der Waals surface area contributed by atoms with Crippen LogP contribution in [0.15, 0.2) is 72.8 Å². The first-order valence-electron chi connectivity index (χ1n) is 18.8. The van der Waals surface area contributed by atoms with Gasteiger partial charge in [-0.05, 0) is 133 Å². The van der Waals surface area contributed by atoms with Gasteiger partial charge < -0.3 is 9.26 Å². The molecule has 5 aliphatic rings. The molecule has 0 radical (unpaired) electrons. The number of carbonyl (C=O) groups excluding carboxylic acids is 2. The Morgan fingerprint density at radius 3 is 2.31 bits per heavy atom. The third-order valence-corrected chi connectivity index (χ3v) is 16.5.